The van der Waals surface area contributed by atoms with Crippen LogP contribution in [-0.2, 0) is 6.54 Å². The van der Waals surface area contributed by atoms with Crippen molar-refractivity contribution in [1.29, 1.82) is 0 Å². The number of ether oxygens (including phenoxy) is 1. The minimum atomic E-state index is -1.01. The summed E-state index contributed by atoms with van der Waals surface area (Å²) in [5, 5.41) is 13.8. The van der Waals surface area contributed by atoms with E-state index in [1.54, 1.807) is 29.1 Å². The maximum Gasteiger partial charge on any atom is 0.339 e. The van der Waals surface area contributed by atoms with Gasteiger partial charge in [-0.25, -0.2) is 4.79 Å². The minimum absolute atomic E-state index is 0.150. The van der Waals surface area contributed by atoms with Gasteiger partial charge in [0.25, 0.3) is 0 Å². The summed E-state index contributed by atoms with van der Waals surface area (Å²) in [6, 6.07) is 6.53. The van der Waals surface area contributed by atoms with Crippen LogP contribution < -0.4 is 4.74 Å². The highest BCUT2D eigenvalue weighted by atomic mass is 35.5. The van der Waals surface area contributed by atoms with Gasteiger partial charge in [-0.1, -0.05) is 23.7 Å². The van der Waals surface area contributed by atoms with Gasteiger partial charge in [-0.15, -0.1) is 0 Å². The zero-order valence-corrected chi connectivity index (χ0v) is 11.1. The molecular weight excluding hydrogens is 268 g/mol. The molecule has 0 aliphatic carbocycles. The van der Waals surface area contributed by atoms with Crippen LogP contribution in [0.5, 0.6) is 5.75 Å². The predicted octanol–water partition coefficient (Wildman–Crippen LogP) is 2.62. The van der Waals surface area contributed by atoms with Gasteiger partial charge in [0.05, 0.1) is 17.3 Å². The van der Waals surface area contributed by atoms with Crippen molar-refractivity contribution in [3.05, 3.63) is 46.7 Å². The Morgan fingerprint density at radius 1 is 1.47 bits per heavy atom. The number of benzene rings is 1. The lowest BCUT2D eigenvalue weighted by Gasteiger charge is -2.08. The molecule has 1 heterocycles. The van der Waals surface area contributed by atoms with E-state index in [0.29, 0.717) is 23.9 Å². The molecule has 0 aliphatic rings. The molecule has 0 bridgehead atoms. The van der Waals surface area contributed by atoms with Crippen molar-refractivity contribution >= 4 is 17.6 Å². The van der Waals surface area contributed by atoms with Gasteiger partial charge >= 0.3 is 5.97 Å². The fourth-order valence-corrected chi connectivity index (χ4v) is 1.78. The van der Waals surface area contributed by atoms with Gasteiger partial charge < -0.3 is 9.84 Å². The highest BCUT2D eigenvalue weighted by Gasteiger charge is 2.10. The molecule has 6 heteroatoms. The molecule has 0 saturated heterocycles. The van der Waals surface area contributed by atoms with Crippen LogP contribution in [0, 0.1) is 6.92 Å². The van der Waals surface area contributed by atoms with E-state index in [9.17, 15) is 4.79 Å². The number of aryl methyl sites for hydroxylation is 1. The Bertz CT molecular complexity index is 576. The number of carboxylic acids is 1. The van der Waals surface area contributed by atoms with Crippen molar-refractivity contribution in [3.63, 3.8) is 0 Å². The molecule has 0 aliphatic heterocycles. The van der Waals surface area contributed by atoms with E-state index in [1.807, 2.05) is 6.92 Å². The van der Waals surface area contributed by atoms with E-state index in [-0.39, 0.29) is 5.56 Å². The van der Waals surface area contributed by atoms with Crippen LogP contribution in [0.2, 0.25) is 5.02 Å². The highest BCUT2D eigenvalue weighted by molar-refractivity contribution is 6.31. The summed E-state index contributed by atoms with van der Waals surface area (Å²) in [6.45, 7) is 2.64. The average Bonchev–Trinajstić information content (AvgIpc) is 2.69. The maximum absolute atomic E-state index is 11.0. The molecule has 0 unspecified atom stereocenters. The maximum atomic E-state index is 11.0. The normalized spacial score (nSPS) is 10.4. The molecule has 100 valence electrons. The van der Waals surface area contributed by atoms with Gasteiger partial charge in [-0.3, -0.25) is 4.68 Å². The van der Waals surface area contributed by atoms with Gasteiger partial charge in [-0.05, 0) is 19.1 Å². The summed E-state index contributed by atoms with van der Waals surface area (Å²) in [5.74, 6) is -0.654. The van der Waals surface area contributed by atoms with E-state index < -0.39 is 5.97 Å². The topological polar surface area (TPSA) is 64.4 Å². The number of carbonyl (C=O) groups is 1. The zero-order chi connectivity index (χ0) is 13.8. The van der Waals surface area contributed by atoms with Crippen molar-refractivity contribution in [3.8, 4) is 5.75 Å². The molecule has 0 atom stereocenters. The number of aromatic carboxylic acids is 1. The lowest BCUT2D eigenvalue weighted by molar-refractivity contribution is 0.0692. The van der Waals surface area contributed by atoms with Crippen molar-refractivity contribution < 1.29 is 14.6 Å². The first-order chi connectivity index (χ1) is 9.08. The standard InChI is InChI=1S/C13H13ClN2O3/c1-9-11(14)8-16(15-9)6-7-19-12-5-3-2-4-10(12)13(17)18/h2-5,8H,6-7H2,1H3,(H,17,18). The molecule has 2 aromatic rings. The molecule has 0 saturated carbocycles. The molecule has 0 amide bonds. The third-order valence-electron chi connectivity index (χ3n) is 2.58. The van der Waals surface area contributed by atoms with Crippen LogP contribution in [0.25, 0.3) is 0 Å². The van der Waals surface area contributed by atoms with Crippen molar-refractivity contribution in [1.82, 2.24) is 9.78 Å². The van der Waals surface area contributed by atoms with Gasteiger partial charge in [-0.2, -0.15) is 5.10 Å². The Morgan fingerprint density at radius 3 is 2.84 bits per heavy atom. The Labute approximate surface area is 115 Å². The molecule has 1 aromatic heterocycles. The quantitative estimate of drug-likeness (QED) is 0.914. The van der Waals surface area contributed by atoms with Gasteiger partial charge in [0.15, 0.2) is 0 Å². The summed E-state index contributed by atoms with van der Waals surface area (Å²) in [6.07, 6.45) is 1.71. The van der Waals surface area contributed by atoms with E-state index in [2.05, 4.69) is 5.10 Å². The lowest BCUT2D eigenvalue weighted by atomic mass is 10.2. The number of para-hydroxylation sites is 1. The molecular formula is C13H13ClN2O3. The number of carboxylic acid groups (broad SMARTS) is 1. The van der Waals surface area contributed by atoms with Crippen molar-refractivity contribution in [2.75, 3.05) is 6.61 Å². The minimum Gasteiger partial charge on any atom is -0.491 e. The van der Waals surface area contributed by atoms with Crippen LogP contribution in [0.3, 0.4) is 0 Å². The molecule has 2 rings (SSSR count). The number of hydrogen-bond acceptors (Lipinski definition) is 3. The van der Waals surface area contributed by atoms with Crippen molar-refractivity contribution in [2.24, 2.45) is 0 Å². The second-order valence-corrected chi connectivity index (χ2v) is 4.38. The fraction of sp³-hybridized carbons (Fsp3) is 0.231. The average molecular weight is 281 g/mol. The first-order valence-corrected chi connectivity index (χ1v) is 6.10. The highest BCUT2D eigenvalue weighted by Crippen LogP contribution is 2.18. The number of halogens is 1. The van der Waals surface area contributed by atoms with Gasteiger partial charge in [0.1, 0.15) is 17.9 Å². The number of rotatable bonds is 5. The lowest BCUT2D eigenvalue weighted by Crippen LogP contribution is -2.10. The Hall–Kier alpha value is -2.01. The molecule has 19 heavy (non-hydrogen) atoms. The molecule has 5 nitrogen and oxygen atoms in total. The third kappa shape index (κ3) is 3.26. The second-order valence-electron chi connectivity index (χ2n) is 3.98. The molecule has 0 fully saturated rings. The van der Waals surface area contributed by atoms with E-state index >= 15 is 0 Å². The number of nitrogens with zero attached hydrogens (tertiary/aromatic N) is 2. The third-order valence-corrected chi connectivity index (χ3v) is 2.95. The Morgan fingerprint density at radius 2 is 2.21 bits per heavy atom. The summed E-state index contributed by atoms with van der Waals surface area (Å²) >= 11 is 5.89. The predicted molar refractivity (Wildman–Crippen MR) is 70.9 cm³/mol. The summed E-state index contributed by atoms with van der Waals surface area (Å²) in [4.78, 5) is 11.0. The van der Waals surface area contributed by atoms with Crippen LogP contribution in [0.4, 0.5) is 0 Å². The largest absolute Gasteiger partial charge is 0.491 e. The number of hydrogen-bond donors (Lipinski definition) is 1. The van der Waals surface area contributed by atoms with Gasteiger partial charge in [0.2, 0.25) is 0 Å². The van der Waals surface area contributed by atoms with Gasteiger partial charge in [0, 0.05) is 6.20 Å². The molecule has 1 N–H and O–H groups in total. The SMILES string of the molecule is Cc1nn(CCOc2ccccc2C(=O)O)cc1Cl. The van der Waals surface area contributed by atoms with Crippen LogP contribution in [0.15, 0.2) is 30.5 Å². The summed E-state index contributed by atoms with van der Waals surface area (Å²) in [7, 11) is 0. The monoisotopic (exact) mass is 280 g/mol. The fourth-order valence-electron chi connectivity index (χ4n) is 1.63. The number of aromatic nitrogens is 2. The molecule has 0 radical (unpaired) electrons. The van der Waals surface area contributed by atoms with Crippen LogP contribution in [0.1, 0.15) is 16.1 Å². The summed E-state index contributed by atoms with van der Waals surface area (Å²) in [5.41, 5.74) is 0.907. The van der Waals surface area contributed by atoms with Crippen LogP contribution >= 0.6 is 11.6 Å². The second kappa shape index (κ2) is 5.75. The smallest absolute Gasteiger partial charge is 0.339 e. The van der Waals surface area contributed by atoms with Crippen LogP contribution in [-0.4, -0.2) is 27.5 Å². The van der Waals surface area contributed by atoms with E-state index in [4.69, 9.17) is 21.4 Å². The molecule has 1 aromatic carbocycles. The molecule has 0 spiro atoms. The van der Waals surface area contributed by atoms with E-state index in [1.165, 1.54) is 6.07 Å². The first kappa shape index (κ1) is 13.4. The van der Waals surface area contributed by atoms with E-state index in [0.717, 1.165) is 5.69 Å². The van der Waals surface area contributed by atoms with Crippen molar-refractivity contribution in [2.45, 2.75) is 13.5 Å². The first-order valence-electron chi connectivity index (χ1n) is 5.72. The summed E-state index contributed by atoms with van der Waals surface area (Å²) < 4.78 is 7.13. The zero-order valence-electron chi connectivity index (χ0n) is 10.3. The Balaban J connectivity index is 1.98. The Kier molecular flexibility index (Phi) is 4.06.